The second-order valence-electron chi connectivity index (χ2n) is 4.24. The van der Waals surface area contributed by atoms with Gasteiger partial charge in [0, 0.05) is 18.1 Å². The lowest BCUT2D eigenvalue weighted by Gasteiger charge is -2.21. The van der Waals surface area contributed by atoms with Gasteiger partial charge in [0.15, 0.2) is 0 Å². The lowest BCUT2D eigenvalue weighted by Crippen LogP contribution is -2.20. The van der Waals surface area contributed by atoms with Crippen LogP contribution in [0.3, 0.4) is 0 Å². The molecule has 1 aliphatic heterocycles. The van der Waals surface area contributed by atoms with Crippen molar-refractivity contribution in [3.63, 3.8) is 0 Å². The maximum atomic E-state index is 11.4. The van der Waals surface area contributed by atoms with Crippen molar-refractivity contribution in [3.8, 4) is 0 Å². The molecule has 0 aromatic heterocycles. The molecular formula is C11H14ClNO3S. The van der Waals surface area contributed by atoms with Gasteiger partial charge in [0.05, 0.1) is 5.69 Å². The summed E-state index contributed by atoms with van der Waals surface area (Å²) in [5, 5.41) is 0.513. The Morgan fingerprint density at radius 1 is 1.29 bits per heavy atom. The smallest absolute Gasteiger partial charge is 0.296 e. The zero-order valence-corrected chi connectivity index (χ0v) is 11.1. The van der Waals surface area contributed by atoms with E-state index in [0.717, 1.165) is 25.9 Å². The second-order valence-corrected chi connectivity index (χ2v) is 6.04. The summed E-state index contributed by atoms with van der Waals surface area (Å²) in [4.78, 5) is 1.88. The molecule has 0 atom stereocenters. The molecule has 0 amide bonds. The first kappa shape index (κ1) is 12.7. The molecule has 1 aromatic rings. The third-order valence-electron chi connectivity index (χ3n) is 2.96. The van der Waals surface area contributed by atoms with Crippen molar-refractivity contribution in [2.45, 2.75) is 24.7 Å². The molecule has 0 aliphatic carbocycles. The van der Waals surface area contributed by atoms with E-state index in [9.17, 15) is 13.0 Å². The largest absolute Gasteiger partial charge is 0.370 e. The highest BCUT2D eigenvalue weighted by Gasteiger charge is 2.23. The van der Waals surface area contributed by atoms with Crippen LogP contribution in [0.15, 0.2) is 17.0 Å². The van der Waals surface area contributed by atoms with Crippen LogP contribution >= 0.6 is 11.6 Å². The molecule has 1 saturated heterocycles. The fourth-order valence-corrected chi connectivity index (χ4v) is 2.99. The predicted molar refractivity (Wildman–Crippen MR) is 67.5 cm³/mol. The Hall–Kier alpha value is -0.780. The number of halogens is 1. The average Bonchev–Trinajstić information content (AvgIpc) is 2.73. The molecule has 1 aliphatic rings. The van der Waals surface area contributed by atoms with E-state index in [0.29, 0.717) is 16.3 Å². The number of aryl methyl sites for hydroxylation is 1. The number of rotatable bonds is 2. The monoisotopic (exact) mass is 275 g/mol. The fraction of sp³-hybridized carbons (Fsp3) is 0.455. The summed E-state index contributed by atoms with van der Waals surface area (Å²) in [6.45, 7) is 3.30. The zero-order valence-electron chi connectivity index (χ0n) is 9.48. The van der Waals surface area contributed by atoms with E-state index in [1.807, 2.05) is 4.90 Å². The Balaban J connectivity index is 2.59. The molecule has 4 nitrogen and oxygen atoms in total. The van der Waals surface area contributed by atoms with E-state index in [4.69, 9.17) is 11.6 Å². The standard InChI is InChI=1S/C11H14ClNO3S/c1-8-6-11(17(14,15)16)10(7-9(8)12)13-4-2-3-5-13/h6-7H,2-5H2,1H3,(H,14,15,16). The molecule has 0 spiro atoms. The van der Waals surface area contributed by atoms with E-state index >= 15 is 0 Å². The summed E-state index contributed by atoms with van der Waals surface area (Å²) in [7, 11) is -4.21. The van der Waals surface area contributed by atoms with Crippen molar-refractivity contribution in [2.75, 3.05) is 18.0 Å². The first-order chi connectivity index (χ1) is 7.89. The molecule has 1 fully saturated rings. The number of hydrogen-bond donors (Lipinski definition) is 1. The Bertz CT molecular complexity index is 536. The van der Waals surface area contributed by atoms with Gasteiger partial charge in [0.25, 0.3) is 10.1 Å². The van der Waals surface area contributed by atoms with Crippen molar-refractivity contribution in [3.05, 3.63) is 22.7 Å². The van der Waals surface area contributed by atoms with Crippen LogP contribution in [0.25, 0.3) is 0 Å². The van der Waals surface area contributed by atoms with Gasteiger partial charge in [0.1, 0.15) is 4.90 Å². The van der Waals surface area contributed by atoms with Crippen molar-refractivity contribution in [2.24, 2.45) is 0 Å². The first-order valence-electron chi connectivity index (χ1n) is 5.42. The summed E-state index contributed by atoms with van der Waals surface area (Å²) < 4.78 is 32.0. The van der Waals surface area contributed by atoms with Crippen molar-refractivity contribution in [1.29, 1.82) is 0 Å². The molecule has 0 bridgehead atoms. The van der Waals surface area contributed by atoms with Crippen LogP contribution in [0.1, 0.15) is 18.4 Å². The van der Waals surface area contributed by atoms with Crippen LogP contribution in [0.4, 0.5) is 5.69 Å². The van der Waals surface area contributed by atoms with Crippen molar-refractivity contribution >= 4 is 27.4 Å². The van der Waals surface area contributed by atoms with Gasteiger partial charge in [-0.2, -0.15) is 8.42 Å². The van der Waals surface area contributed by atoms with Gasteiger partial charge in [-0.15, -0.1) is 0 Å². The lowest BCUT2D eigenvalue weighted by atomic mass is 10.2. The van der Waals surface area contributed by atoms with Gasteiger partial charge in [0.2, 0.25) is 0 Å². The number of benzene rings is 1. The molecule has 0 unspecified atom stereocenters. The summed E-state index contributed by atoms with van der Waals surface area (Å²) in [6.07, 6.45) is 2.05. The fourth-order valence-electron chi connectivity index (χ4n) is 2.06. The minimum Gasteiger partial charge on any atom is -0.370 e. The first-order valence-corrected chi connectivity index (χ1v) is 7.24. The second kappa shape index (κ2) is 4.48. The van der Waals surface area contributed by atoms with E-state index < -0.39 is 10.1 Å². The molecule has 2 rings (SSSR count). The molecule has 1 N–H and O–H groups in total. The summed E-state index contributed by atoms with van der Waals surface area (Å²) in [6, 6.07) is 3.04. The minimum atomic E-state index is -4.21. The highest BCUT2D eigenvalue weighted by atomic mass is 35.5. The van der Waals surface area contributed by atoms with Crippen molar-refractivity contribution < 1.29 is 13.0 Å². The van der Waals surface area contributed by atoms with Gasteiger partial charge in [-0.05, 0) is 37.5 Å². The summed E-state index contributed by atoms with van der Waals surface area (Å²) >= 11 is 6.01. The van der Waals surface area contributed by atoms with E-state index in [2.05, 4.69) is 0 Å². The Morgan fingerprint density at radius 2 is 1.88 bits per heavy atom. The molecule has 0 saturated carbocycles. The third-order valence-corrected chi connectivity index (χ3v) is 4.25. The number of anilines is 1. The van der Waals surface area contributed by atoms with Crippen LogP contribution in [0.2, 0.25) is 5.02 Å². The number of hydrogen-bond acceptors (Lipinski definition) is 3. The van der Waals surface area contributed by atoms with E-state index in [1.165, 1.54) is 6.07 Å². The minimum absolute atomic E-state index is 0.0544. The van der Waals surface area contributed by atoms with Gasteiger partial charge in [-0.3, -0.25) is 4.55 Å². The van der Waals surface area contributed by atoms with Gasteiger partial charge in [-0.1, -0.05) is 11.6 Å². The van der Waals surface area contributed by atoms with Gasteiger partial charge >= 0.3 is 0 Å². The normalized spacial score (nSPS) is 16.5. The molecule has 0 radical (unpaired) electrons. The molecule has 17 heavy (non-hydrogen) atoms. The van der Waals surface area contributed by atoms with Crippen LogP contribution in [-0.4, -0.2) is 26.1 Å². The molecule has 6 heteroatoms. The molecule has 94 valence electrons. The van der Waals surface area contributed by atoms with Crippen LogP contribution in [0.5, 0.6) is 0 Å². The molecule has 1 aromatic carbocycles. The summed E-state index contributed by atoms with van der Waals surface area (Å²) in [5.74, 6) is 0. The highest BCUT2D eigenvalue weighted by molar-refractivity contribution is 7.86. The lowest BCUT2D eigenvalue weighted by molar-refractivity contribution is 0.483. The maximum absolute atomic E-state index is 11.4. The van der Waals surface area contributed by atoms with E-state index in [-0.39, 0.29) is 4.90 Å². The number of nitrogens with zero attached hydrogens (tertiary/aromatic N) is 1. The Labute approximate surface area is 106 Å². The Morgan fingerprint density at radius 3 is 2.41 bits per heavy atom. The summed E-state index contributed by atoms with van der Waals surface area (Å²) in [5.41, 5.74) is 1.14. The highest BCUT2D eigenvalue weighted by Crippen LogP contribution is 2.32. The van der Waals surface area contributed by atoms with Crippen LogP contribution in [-0.2, 0) is 10.1 Å². The molecular weight excluding hydrogens is 262 g/mol. The zero-order chi connectivity index (χ0) is 12.6. The van der Waals surface area contributed by atoms with Crippen LogP contribution in [0, 0.1) is 6.92 Å². The topological polar surface area (TPSA) is 57.6 Å². The third kappa shape index (κ3) is 2.56. The average molecular weight is 276 g/mol. The van der Waals surface area contributed by atoms with Crippen molar-refractivity contribution in [1.82, 2.24) is 0 Å². The van der Waals surface area contributed by atoms with E-state index in [1.54, 1.807) is 13.0 Å². The quantitative estimate of drug-likeness (QED) is 0.843. The molecule has 1 heterocycles. The Kier molecular flexibility index (Phi) is 3.34. The van der Waals surface area contributed by atoms with Crippen LogP contribution < -0.4 is 4.90 Å². The SMILES string of the molecule is Cc1cc(S(=O)(=O)O)c(N2CCCC2)cc1Cl. The van der Waals surface area contributed by atoms with Gasteiger partial charge < -0.3 is 4.90 Å². The maximum Gasteiger partial charge on any atom is 0.296 e. The van der Waals surface area contributed by atoms with Gasteiger partial charge in [-0.25, -0.2) is 0 Å². The predicted octanol–water partition coefficient (Wildman–Crippen LogP) is 2.50.